The second kappa shape index (κ2) is 5.74. The van der Waals surface area contributed by atoms with Gasteiger partial charge in [-0.3, -0.25) is 0 Å². The third-order valence-corrected chi connectivity index (χ3v) is 3.34. The van der Waals surface area contributed by atoms with Crippen LogP contribution in [0.1, 0.15) is 25.3 Å². The molecule has 18 heavy (non-hydrogen) atoms. The van der Waals surface area contributed by atoms with Gasteiger partial charge in [0.1, 0.15) is 0 Å². The molecule has 0 atom stereocenters. The predicted molar refractivity (Wildman–Crippen MR) is 72.4 cm³/mol. The zero-order valence-electron chi connectivity index (χ0n) is 10.7. The Bertz CT molecular complexity index is 445. The van der Waals surface area contributed by atoms with Crippen molar-refractivity contribution in [1.82, 2.24) is 0 Å². The number of nitriles is 1. The molecule has 1 aromatic rings. The summed E-state index contributed by atoms with van der Waals surface area (Å²) in [6.07, 6.45) is 2.40. The van der Waals surface area contributed by atoms with E-state index in [1.807, 2.05) is 19.1 Å². The second-order valence-corrected chi connectivity index (χ2v) is 4.53. The van der Waals surface area contributed by atoms with E-state index >= 15 is 0 Å². The van der Waals surface area contributed by atoms with Gasteiger partial charge in [-0.2, -0.15) is 5.26 Å². The molecule has 1 saturated heterocycles. The van der Waals surface area contributed by atoms with Crippen molar-refractivity contribution in [3.8, 4) is 6.07 Å². The Morgan fingerprint density at radius 3 is 2.78 bits per heavy atom. The molecule has 2 rings (SSSR count). The van der Waals surface area contributed by atoms with Crippen LogP contribution in [0.3, 0.4) is 0 Å². The van der Waals surface area contributed by atoms with Gasteiger partial charge in [0.25, 0.3) is 0 Å². The maximum Gasteiger partial charge on any atom is 0.0992 e. The van der Waals surface area contributed by atoms with Crippen molar-refractivity contribution in [2.45, 2.75) is 25.9 Å². The van der Waals surface area contributed by atoms with Gasteiger partial charge in [-0.15, -0.1) is 0 Å². The quantitative estimate of drug-likeness (QED) is 0.829. The minimum Gasteiger partial charge on any atom is -0.397 e. The van der Waals surface area contributed by atoms with E-state index in [1.54, 1.807) is 6.07 Å². The van der Waals surface area contributed by atoms with Crippen LogP contribution in [-0.2, 0) is 4.74 Å². The van der Waals surface area contributed by atoms with Gasteiger partial charge in [-0.25, -0.2) is 0 Å². The first-order chi connectivity index (χ1) is 8.74. The maximum absolute atomic E-state index is 8.93. The Hall–Kier alpha value is -1.73. The summed E-state index contributed by atoms with van der Waals surface area (Å²) >= 11 is 0. The Morgan fingerprint density at radius 2 is 2.17 bits per heavy atom. The zero-order valence-corrected chi connectivity index (χ0v) is 10.7. The van der Waals surface area contributed by atoms with E-state index in [0.29, 0.717) is 11.7 Å². The monoisotopic (exact) mass is 245 g/mol. The summed E-state index contributed by atoms with van der Waals surface area (Å²) in [5, 5.41) is 8.93. The summed E-state index contributed by atoms with van der Waals surface area (Å²) in [5.41, 5.74) is 8.36. The van der Waals surface area contributed by atoms with Crippen molar-refractivity contribution in [2.75, 3.05) is 30.3 Å². The number of nitrogens with two attached hydrogens (primary N) is 1. The zero-order chi connectivity index (χ0) is 13.0. The van der Waals surface area contributed by atoms with E-state index in [4.69, 9.17) is 15.7 Å². The number of anilines is 2. The lowest BCUT2D eigenvalue weighted by Gasteiger charge is -2.34. The number of rotatable bonds is 3. The molecule has 0 aromatic heterocycles. The van der Waals surface area contributed by atoms with E-state index < -0.39 is 0 Å². The summed E-state index contributed by atoms with van der Waals surface area (Å²) in [7, 11) is 0. The normalized spacial score (nSPS) is 16.6. The molecule has 1 aliphatic heterocycles. The topological polar surface area (TPSA) is 62.3 Å². The third-order valence-electron chi connectivity index (χ3n) is 3.34. The van der Waals surface area contributed by atoms with Crippen LogP contribution >= 0.6 is 0 Å². The summed E-state index contributed by atoms with van der Waals surface area (Å²) in [4.78, 5) is 2.24. The fourth-order valence-corrected chi connectivity index (χ4v) is 2.39. The molecular formula is C14H19N3O. The van der Waals surface area contributed by atoms with Gasteiger partial charge in [-0.1, -0.05) is 0 Å². The molecule has 0 amide bonds. The van der Waals surface area contributed by atoms with Gasteiger partial charge in [-0.05, 0) is 38.0 Å². The number of piperidine rings is 1. The largest absolute Gasteiger partial charge is 0.397 e. The molecule has 1 heterocycles. The van der Waals surface area contributed by atoms with Crippen molar-refractivity contribution in [3.63, 3.8) is 0 Å². The summed E-state index contributed by atoms with van der Waals surface area (Å²) in [5.74, 6) is 0. The average molecular weight is 245 g/mol. The highest BCUT2D eigenvalue weighted by atomic mass is 16.5. The van der Waals surface area contributed by atoms with Crippen LogP contribution in [-0.4, -0.2) is 25.8 Å². The molecule has 1 aliphatic rings. The lowest BCUT2D eigenvalue weighted by molar-refractivity contribution is 0.0459. The van der Waals surface area contributed by atoms with Gasteiger partial charge in [0, 0.05) is 19.7 Å². The highest BCUT2D eigenvalue weighted by molar-refractivity contribution is 5.69. The molecule has 1 fully saturated rings. The summed E-state index contributed by atoms with van der Waals surface area (Å²) in [6, 6.07) is 7.59. The smallest absolute Gasteiger partial charge is 0.0992 e. The van der Waals surface area contributed by atoms with Gasteiger partial charge < -0.3 is 15.4 Å². The van der Waals surface area contributed by atoms with Gasteiger partial charge >= 0.3 is 0 Å². The fourth-order valence-electron chi connectivity index (χ4n) is 2.39. The van der Waals surface area contributed by atoms with E-state index in [-0.39, 0.29) is 0 Å². The van der Waals surface area contributed by atoms with Crippen LogP contribution in [0.4, 0.5) is 11.4 Å². The third kappa shape index (κ3) is 2.74. The van der Waals surface area contributed by atoms with Crippen LogP contribution in [0.15, 0.2) is 18.2 Å². The molecular weight excluding hydrogens is 226 g/mol. The van der Waals surface area contributed by atoms with Gasteiger partial charge in [0.2, 0.25) is 0 Å². The molecule has 4 nitrogen and oxygen atoms in total. The highest BCUT2D eigenvalue weighted by Crippen LogP contribution is 2.27. The Balaban J connectivity index is 2.07. The first-order valence-corrected chi connectivity index (χ1v) is 6.40. The molecule has 0 spiro atoms. The van der Waals surface area contributed by atoms with Crippen LogP contribution in [0, 0.1) is 11.3 Å². The standard InChI is InChI=1S/C14H19N3O/c1-2-18-12-5-7-17(8-6-12)14-9-11(10-15)3-4-13(14)16/h3-4,9,12H,2,5-8,16H2,1H3. The van der Waals surface area contributed by atoms with E-state index in [2.05, 4.69) is 11.0 Å². The number of ether oxygens (including phenoxy) is 1. The number of nitrogens with zero attached hydrogens (tertiary/aromatic N) is 2. The molecule has 0 saturated carbocycles. The van der Waals surface area contributed by atoms with Crippen LogP contribution < -0.4 is 10.6 Å². The number of hydrogen-bond acceptors (Lipinski definition) is 4. The minimum atomic E-state index is 0.367. The second-order valence-electron chi connectivity index (χ2n) is 4.53. The highest BCUT2D eigenvalue weighted by Gasteiger charge is 2.20. The molecule has 1 aromatic carbocycles. The fraction of sp³-hybridized carbons (Fsp3) is 0.500. The van der Waals surface area contributed by atoms with Crippen molar-refractivity contribution >= 4 is 11.4 Å². The van der Waals surface area contributed by atoms with Gasteiger partial charge in [0.05, 0.1) is 29.1 Å². The minimum absolute atomic E-state index is 0.367. The van der Waals surface area contributed by atoms with Crippen molar-refractivity contribution in [3.05, 3.63) is 23.8 Å². The van der Waals surface area contributed by atoms with E-state index in [1.165, 1.54) is 0 Å². The van der Waals surface area contributed by atoms with Crippen LogP contribution in [0.5, 0.6) is 0 Å². The number of benzene rings is 1. The first-order valence-electron chi connectivity index (χ1n) is 6.40. The molecule has 96 valence electrons. The van der Waals surface area contributed by atoms with Gasteiger partial charge in [0.15, 0.2) is 0 Å². The van der Waals surface area contributed by atoms with Crippen molar-refractivity contribution in [1.29, 1.82) is 5.26 Å². The lowest BCUT2D eigenvalue weighted by atomic mass is 10.1. The first kappa shape index (κ1) is 12.7. The molecule has 0 bridgehead atoms. The molecule has 0 radical (unpaired) electrons. The number of hydrogen-bond donors (Lipinski definition) is 1. The Labute approximate surface area is 108 Å². The molecule has 0 unspecified atom stereocenters. The Morgan fingerprint density at radius 1 is 1.44 bits per heavy atom. The molecule has 0 aliphatic carbocycles. The van der Waals surface area contributed by atoms with E-state index in [0.717, 1.165) is 43.9 Å². The predicted octanol–water partition coefficient (Wildman–Crippen LogP) is 2.15. The van der Waals surface area contributed by atoms with Crippen LogP contribution in [0.2, 0.25) is 0 Å². The lowest BCUT2D eigenvalue weighted by Crippen LogP contribution is -2.37. The summed E-state index contributed by atoms with van der Waals surface area (Å²) < 4.78 is 5.63. The maximum atomic E-state index is 8.93. The Kier molecular flexibility index (Phi) is 4.06. The molecule has 4 heteroatoms. The average Bonchev–Trinajstić information content (AvgIpc) is 2.41. The van der Waals surface area contributed by atoms with Crippen molar-refractivity contribution in [2.24, 2.45) is 0 Å². The summed E-state index contributed by atoms with van der Waals surface area (Å²) in [6.45, 7) is 4.67. The number of nitrogen functional groups attached to an aromatic ring is 1. The van der Waals surface area contributed by atoms with Crippen molar-refractivity contribution < 1.29 is 4.74 Å². The van der Waals surface area contributed by atoms with E-state index in [9.17, 15) is 0 Å². The SMILES string of the molecule is CCOC1CCN(c2cc(C#N)ccc2N)CC1. The van der Waals surface area contributed by atoms with Crippen LogP contribution in [0.25, 0.3) is 0 Å². The molecule has 2 N–H and O–H groups in total.